The summed E-state index contributed by atoms with van der Waals surface area (Å²) in [4.78, 5) is 40.8. The van der Waals surface area contributed by atoms with Crippen LogP contribution in [0.3, 0.4) is 0 Å². The van der Waals surface area contributed by atoms with Gasteiger partial charge in [0.2, 0.25) is 16.7 Å². The molecule has 3 amide bonds. The van der Waals surface area contributed by atoms with E-state index in [2.05, 4.69) is 0 Å². The van der Waals surface area contributed by atoms with E-state index >= 15 is 0 Å². The Bertz CT molecular complexity index is 1210. The Labute approximate surface area is 172 Å². The molecule has 2 heterocycles. The first-order valence-corrected chi connectivity index (χ1v) is 10.3. The summed E-state index contributed by atoms with van der Waals surface area (Å²) < 4.78 is 0. The maximum Gasteiger partial charge on any atom is 0.275 e. The number of carbonyl (C=O) groups is 3. The van der Waals surface area contributed by atoms with Crippen LogP contribution >= 0.6 is 11.8 Å². The molecule has 2 atom stereocenters. The molecule has 1 saturated heterocycles. The van der Waals surface area contributed by atoms with E-state index in [4.69, 9.17) is 0 Å². The molecule has 0 saturated carbocycles. The fourth-order valence-corrected chi connectivity index (χ4v) is 5.81. The van der Waals surface area contributed by atoms with Crippen LogP contribution in [0.4, 0.5) is 11.4 Å². The Morgan fingerprint density at radius 2 is 1.66 bits per heavy atom. The average Bonchev–Trinajstić information content (AvgIpc) is 3.13. The van der Waals surface area contributed by atoms with Crippen LogP contribution in [0.2, 0.25) is 0 Å². The number of imide groups is 1. The first kappa shape index (κ1) is 17.9. The lowest BCUT2D eigenvalue weighted by molar-refractivity contribution is -0.128. The average molecular weight is 402 g/mol. The molecule has 6 heteroatoms. The van der Waals surface area contributed by atoms with Crippen molar-refractivity contribution in [3.05, 3.63) is 72.3 Å². The second-order valence-electron chi connectivity index (χ2n) is 7.29. The quantitative estimate of drug-likeness (QED) is 0.616. The van der Waals surface area contributed by atoms with Gasteiger partial charge in [-0.15, -0.1) is 11.8 Å². The van der Waals surface area contributed by atoms with Crippen molar-refractivity contribution in [3.8, 4) is 0 Å². The van der Waals surface area contributed by atoms with Crippen molar-refractivity contribution in [3.63, 3.8) is 0 Å². The van der Waals surface area contributed by atoms with E-state index in [9.17, 15) is 14.4 Å². The lowest BCUT2D eigenvalue weighted by Gasteiger charge is -2.33. The molecule has 29 heavy (non-hydrogen) atoms. The molecule has 1 fully saturated rings. The number of thioether (sulfide) groups is 1. The highest BCUT2D eigenvalue weighted by molar-refractivity contribution is 8.03. The largest absolute Gasteiger partial charge is 0.283 e. The summed E-state index contributed by atoms with van der Waals surface area (Å²) in [6.07, 6.45) is 0. The molecule has 1 spiro atoms. The molecule has 5 nitrogen and oxygen atoms in total. The molecule has 0 unspecified atom stereocenters. The number of nitrogens with zero attached hydrogens (tertiary/aromatic N) is 2. The van der Waals surface area contributed by atoms with Crippen molar-refractivity contribution in [1.82, 2.24) is 0 Å². The summed E-state index contributed by atoms with van der Waals surface area (Å²) in [5.74, 6) is -0.883. The van der Waals surface area contributed by atoms with Crippen molar-refractivity contribution in [2.75, 3.05) is 9.80 Å². The number of benzene rings is 3. The molecule has 0 aromatic heterocycles. The number of rotatable bonds is 1. The minimum Gasteiger partial charge on any atom is -0.283 e. The van der Waals surface area contributed by atoms with Gasteiger partial charge in [-0.25, -0.2) is 4.90 Å². The zero-order chi connectivity index (χ0) is 20.3. The van der Waals surface area contributed by atoms with Crippen molar-refractivity contribution in [2.24, 2.45) is 0 Å². The molecule has 2 aliphatic heterocycles. The fourth-order valence-electron chi connectivity index (χ4n) is 4.29. The Morgan fingerprint density at radius 1 is 0.966 bits per heavy atom. The van der Waals surface area contributed by atoms with Crippen LogP contribution in [0.15, 0.2) is 66.7 Å². The summed E-state index contributed by atoms with van der Waals surface area (Å²) in [6.45, 7) is 3.18. The molecular formula is C23H18N2O3S. The van der Waals surface area contributed by atoms with Crippen LogP contribution in [-0.4, -0.2) is 23.0 Å². The lowest BCUT2D eigenvalue weighted by atomic mass is 10.0. The van der Waals surface area contributed by atoms with Crippen LogP contribution in [0.5, 0.6) is 0 Å². The molecule has 0 N–H and O–H groups in total. The van der Waals surface area contributed by atoms with Gasteiger partial charge in [-0.2, -0.15) is 0 Å². The van der Waals surface area contributed by atoms with E-state index in [0.717, 1.165) is 10.8 Å². The molecule has 5 rings (SSSR count). The molecule has 0 bridgehead atoms. The predicted octanol–water partition coefficient (Wildman–Crippen LogP) is 4.05. The SMILES string of the molecule is CC(=O)N1C(=O)[C@@]2(S[C@@H](C)C(=O)N2c2ccc3ccccc3c2)c2ccccc21. The van der Waals surface area contributed by atoms with Crippen LogP contribution < -0.4 is 9.80 Å². The summed E-state index contributed by atoms with van der Waals surface area (Å²) in [6, 6.07) is 20.9. The second kappa shape index (κ2) is 6.19. The number of fused-ring (bicyclic) bond motifs is 3. The van der Waals surface area contributed by atoms with Crippen molar-refractivity contribution in [2.45, 2.75) is 24.0 Å². The van der Waals surface area contributed by atoms with E-state index in [1.165, 1.54) is 23.6 Å². The van der Waals surface area contributed by atoms with Crippen molar-refractivity contribution < 1.29 is 14.4 Å². The van der Waals surface area contributed by atoms with Gasteiger partial charge in [-0.1, -0.05) is 48.5 Å². The van der Waals surface area contributed by atoms with E-state index in [-0.39, 0.29) is 17.7 Å². The number of anilines is 2. The van der Waals surface area contributed by atoms with E-state index < -0.39 is 10.1 Å². The maximum atomic E-state index is 13.7. The van der Waals surface area contributed by atoms with Crippen LogP contribution in [0.1, 0.15) is 19.4 Å². The summed E-state index contributed by atoms with van der Waals surface area (Å²) >= 11 is 1.30. The zero-order valence-corrected chi connectivity index (χ0v) is 16.8. The molecule has 0 radical (unpaired) electrons. The molecular weight excluding hydrogens is 384 g/mol. The predicted molar refractivity (Wildman–Crippen MR) is 115 cm³/mol. The molecule has 144 valence electrons. The summed E-state index contributed by atoms with van der Waals surface area (Å²) in [5.41, 5.74) is 1.88. The van der Waals surface area contributed by atoms with Crippen LogP contribution in [0.25, 0.3) is 10.8 Å². The highest BCUT2D eigenvalue weighted by Gasteiger charge is 2.63. The Morgan fingerprint density at radius 3 is 2.41 bits per heavy atom. The first-order valence-electron chi connectivity index (χ1n) is 9.40. The zero-order valence-electron chi connectivity index (χ0n) is 16.0. The van der Waals surface area contributed by atoms with Crippen LogP contribution in [-0.2, 0) is 19.3 Å². The highest BCUT2D eigenvalue weighted by Crippen LogP contribution is 2.57. The smallest absolute Gasteiger partial charge is 0.275 e. The second-order valence-corrected chi connectivity index (χ2v) is 8.82. The number of hydrogen-bond donors (Lipinski definition) is 0. The molecule has 0 aliphatic carbocycles. The maximum absolute atomic E-state index is 13.7. The van der Waals surface area contributed by atoms with Gasteiger partial charge in [0.1, 0.15) is 0 Å². The fraction of sp³-hybridized carbons (Fsp3) is 0.174. The molecule has 3 aromatic carbocycles. The van der Waals surface area contributed by atoms with Gasteiger partial charge in [0, 0.05) is 18.2 Å². The number of carbonyl (C=O) groups excluding carboxylic acids is 3. The highest BCUT2D eigenvalue weighted by atomic mass is 32.2. The Balaban J connectivity index is 1.77. The van der Waals surface area contributed by atoms with E-state index in [1.54, 1.807) is 17.0 Å². The third-order valence-corrected chi connectivity index (χ3v) is 7.01. The first-order chi connectivity index (χ1) is 13.9. The molecule has 2 aliphatic rings. The van der Waals surface area contributed by atoms with E-state index in [0.29, 0.717) is 16.9 Å². The van der Waals surface area contributed by atoms with Gasteiger partial charge in [-0.3, -0.25) is 19.3 Å². The number of hydrogen-bond acceptors (Lipinski definition) is 4. The van der Waals surface area contributed by atoms with Crippen molar-refractivity contribution >= 4 is 51.6 Å². The monoisotopic (exact) mass is 402 g/mol. The van der Waals surface area contributed by atoms with Gasteiger partial charge >= 0.3 is 0 Å². The minimum absolute atomic E-state index is 0.140. The van der Waals surface area contributed by atoms with Gasteiger partial charge in [0.25, 0.3) is 5.91 Å². The van der Waals surface area contributed by atoms with E-state index in [1.807, 2.05) is 61.5 Å². The third kappa shape index (κ3) is 2.32. The van der Waals surface area contributed by atoms with Crippen LogP contribution in [0, 0.1) is 0 Å². The standard InChI is InChI=1S/C23H18N2O3S/c1-14-21(27)25(18-12-11-16-7-3-4-8-17(16)13-18)23(29-14)19-9-5-6-10-20(19)24(15(2)26)22(23)28/h3-14H,1-2H3/t14-,23-/m0/s1. The van der Waals surface area contributed by atoms with Gasteiger partial charge in [0.05, 0.1) is 10.9 Å². The number of para-hydroxylation sites is 1. The normalized spacial score (nSPS) is 23.3. The van der Waals surface area contributed by atoms with Gasteiger partial charge in [-0.05, 0) is 35.9 Å². The van der Waals surface area contributed by atoms with Gasteiger partial charge in [0.15, 0.2) is 0 Å². The Hall–Kier alpha value is -3.12. The molecule has 3 aromatic rings. The lowest BCUT2D eigenvalue weighted by Crippen LogP contribution is -2.50. The Kier molecular flexibility index (Phi) is 3.83. The number of amides is 3. The summed E-state index contributed by atoms with van der Waals surface area (Å²) in [7, 11) is 0. The summed E-state index contributed by atoms with van der Waals surface area (Å²) in [5, 5.41) is 1.63. The third-order valence-electron chi connectivity index (χ3n) is 5.54. The topological polar surface area (TPSA) is 57.7 Å². The minimum atomic E-state index is -1.28. The van der Waals surface area contributed by atoms with Crippen molar-refractivity contribution in [1.29, 1.82) is 0 Å². The van der Waals surface area contributed by atoms with Gasteiger partial charge < -0.3 is 0 Å².